The Bertz CT molecular complexity index is 858. The number of rotatable bonds is 3. The second-order valence-corrected chi connectivity index (χ2v) is 8.25. The topological polar surface area (TPSA) is 60.8 Å². The van der Waals surface area contributed by atoms with Crippen LogP contribution in [-0.4, -0.2) is 30.9 Å². The molecule has 3 atom stereocenters. The molecule has 1 aromatic carbocycles. The third-order valence-corrected chi connectivity index (χ3v) is 5.80. The van der Waals surface area contributed by atoms with Crippen LogP contribution in [0.1, 0.15) is 16.7 Å². The number of alkyl halides is 6. The third kappa shape index (κ3) is 5.61. The molecule has 2 heterocycles. The number of thioether (sulfide) groups is 1. The van der Waals surface area contributed by atoms with Crippen LogP contribution in [0, 0.1) is 5.21 Å². The van der Waals surface area contributed by atoms with E-state index in [0.717, 1.165) is 0 Å². The highest BCUT2D eigenvalue weighted by atomic mass is 35.5. The van der Waals surface area contributed by atoms with E-state index in [1.807, 2.05) is 0 Å². The zero-order valence-electron chi connectivity index (χ0n) is 16.0. The molecule has 3 unspecified atom stereocenters. The van der Waals surface area contributed by atoms with Crippen molar-refractivity contribution in [1.29, 1.82) is 0 Å². The van der Waals surface area contributed by atoms with E-state index < -0.39 is 46.4 Å². The van der Waals surface area contributed by atoms with Gasteiger partial charge in [0, 0.05) is 19.0 Å². The SMILES string of the molecule is CSC1/C=C(/Cl)[NH+]([O-])C(Cc2cc(C(F)(F)F)cc(C(F)(F)F)c2)C2=C(NCNC2)O1. The van der Waals surface area contributed by atoms with Gasteiger partial charge in [0.25, 0.3) is 0 Å². The third-order valence-electron chi connectivity index (χ3n) is 4.79. The summed E-state index contributed by atoms with van der Waals surface area (Å²) in [7, 11) is 0. The molecule has 2 aliphatic rings. The van der Waals surface area contributed by atoms with Crippen molar-refractivity contribution in [2.45, 2.75) is 30.3 Å². The van der Waals surface area contributed by atoms with Gasteiger partial charge in [0.2, 0.25) is 5.16 Å². The Morgan fingerprint density at radius 2 is 1.77 bits per heavy atom. The number of quaternary nitrogens is 1. The van der Waals surface area contributed by atoms with E-state index in [1.54, 1.807) is 6.26 Å². The van der Waals surface area contributed by atoms with Crippen LogP contribution in [-0.2, 0) is 23.5 Å². The highest BCUT2D eigenvalue weighted by molar-refractivity contribution is 7.99. The molecule has 0 radical (unpaired) electrons. The monoisotopic (exact) mass is 489 g/mol. The number of halogens is 7. The standard InChI is InChI=1S/C18H18ClF6N3O2S/c1-31-15-6-14(19)28(29)13(12-7-26-8-27-16(12)30-15)4-9-2-10(17(20,21)22)5-11(3-9)18(23,24)25/h2-3,5-6,13,15,26-28H,4,7-8H2,1H3/b14-6-. The lowest BCUT2D eigenvalue weighted by Gasteiger charge is -2.37. The molecule has 3 N–H and O–H groups in total. The quantitative estimate of drug-likeness (QED) is 0.346. The molecule has 5 nitrogen and oxygen atoms in total. The Morgan fingerprint density at radius 1 is 1.16 bits per heavy atom. The number of hydrogen-bond acceptors (Lipinski definition) is 5. The predicted octanol–water partition coefficient (Wildman–Crippen LogP) is 3.18. The normalized spacial score (nSPS) is 26.7. The van der Waals surface area contributed by atoms with E-state index in [1.165, 1.54) is 17.8 Å². The first-order valence-corrected chi connectivity index (χ1v) is 10.6. The van der Waals surface area contributed by atoms with E-state index in [4.69, 9.17) is 16.3 Å². The molecule has 172 valence electrons. The lowest BCUT2D eigenvalue weighted by atomic mass is 9.94. The molecule has 0 spiro atoms. The molecule has 3 rings (SSSR count). The highest BCUT2D eigenvalue weighted by Gasteiger charge is 2.38. The van der Waals surface area contributed by atoms with Gasteiger partial charge in [-0.15, -0.1) is 11.8 Å². The van der Waals surface area contributed by atoms with Crippen LogP contribution in [0.25, 0.3) is 0 Å². The molecule has 31 heavy (non-hydrogen) atoms. The summed E-state index contributed by atoms with van der Waals surface area (Å²) in [5.41, 5.74) is -3.37. The zero-order chi connectivity index (χ0) is 23.0. The van der Waals surface area contributed by atoms with Crippen molar-refractivity contribution in [3.8, 4) is 0 Å². The Labute approximate surface area is 183 Å². The summed E-state index contributed by atoms with van der Waals surface area (Å²) in [5.74, 6) is 0.264. The molecule has 13 heteroatoms. The van der Waals surface area contributed by atoms with Crippen molar-refractivity contribution in [3.05, 3.63) is 62.8 Å². The molecule has 0 aliphatic carbocycles. The summed E-state index contributed by atoms with van der Waals surface area (Å²) in [4.78, 5) is 0. The number of ether oxygens (including phenoxy) is 1. The van der Waals surface area contributed by atoms with Crippen LogP contribution in [0.5, 0.6) is 0 Å². The largest absolute Gasteiger partial charge is 0.628 e. The van der Waals surface area contributed by atoms with Crippen molar-refractivity contribution in [2.75, 3.05) is 19.5 Å². The molecule has 0 saturated heterocycles. The van der Waals surface area contributed by atoms with Crippen LogP contribution in [0.4, 0.5) is 26.3 Å². The van der Waals surface area contributed by atoms with Gasteiger partial charge in [-0.3, -0.25) is 5.32 Å². The highest BCUT2D eigenvalue weighted by Crippen LogP contribution is 2.37. The summed E-state index contributed by atoms with van der Waals surface area (Å²) in [5, 5.41) is 18.1. The van der Waals surface area contributed by atoms with E-state index in [2.05, 4.69) is 10.6 Å². The van der Waals surface area contributed by atoms with Gasteiger partial charge < -0.3 is 20.3 Å². The lowest BCUT2D eigenvalue weighted by molar-refractivity contribution is -0.822. The average molecular weight is 490 g/mol. The smallest absolute Gasteiger partial charge is 0.416 e. The summed E-state index contributed by atoms with van der Waals surface area (Å²) in [6.07, 6.45) is -7.28. The minimum absolute atomic E-state index is 0.0525. The molecule has 0 aromatic heterocycles. The van der Waals surface area contributed by atoms with Crippen LogP contribution < -0.4 is 15.7 Å². The maximum Gasteiger partial charge on any atom is 0.416 e. The second kappa shape index (κ2) is 9.10. The van der Waals surface area contributed by atoms with E-state index in [0.29, 0.717) is 24.4 Å². The predicted molar refractivity (Wildman–Crippen MR) is 104 cm³/mol. The van der Waals surface area contributed by atoms with Crippen LogP contribution in [0.3, 0.4) is 0 Å². The van der Waals surface area contributed by atoms with Gasteiger partial charge in [0.1, 0.15) is 6.04 Å². The Kier molecular flexibility index (Phi) is 7.06. The number of hydroxylamine groups is 2. The molecular weight excluding hydrogens is 472 g/mol. The fourth-order valence-corrected chi connectivity index (χ4v) is 4.10. The van der Waals surface area contributed by atoms with E-state index in [9.17, 15) is 31.5 Å². The maximum atomic E-state index is 13.2. The fraction of sp³-hybridized carbons (Fsp3) is 0.444. The second-order valence-electron chi connectivity index (χ2n) is 6.91. The maximum absolute atomic E-state index is 13.2. The lowest BCUT2D eigenvalue weighted by Crippen LogP contribution is -3.09. The molecular formula is C18H18ClF6N3O2S. The van der Waals surface area contributed by atoms with Crippen LogP contribution in [0.15, 0.2) is 40.9 Å². The van der Waals surface area contributed by atoms with Gasteiger partial charge in [-0.25, -0.2) is 0 Å². The van der Waals surface area contributed by atoms with E-state index >= 15 is 0 Å². The Hall–Kier alpha value is -1.60. The van der Waals surface area contributed by atoms with Crippen molar-refractivity contribution >= 4 is 23.4 Å². The summed E-state index contributed by atoms with van der Waals surface area (Å²) in [6.45, 7) is 0.481. The minimum atomic E-state index is -4.98. The fourth-order valence-electron chi connectivity index (χ4n) is 3.31. The van der Waals surface area contributed by atoms with Crippen molar-refractivity contribution in [3.63, 3.8) is 0 Å². The van der Waals surface area contributed by atoms with Gasteiger partial charge in [0.15, 0.2) is 11.3 Å². The number of benzene rings is 1. The first kappa shape index (κ1) is 24.1. The molecule has 1 aromatic rings. The van der Waals surface area contributed by atoms with Gasteiger partial charge in [0.05, 0.1) is 23.4 Å². The molecule has 2 aliphatic heterocycles. The van der Waals surface area contributed by atoms with Gasteiger partial charge in [-0.05, 0) is 41.6 Å². The van der Waals surface area contributed by atoms with Crippen molar-refractivity contribution in [2.24, 2.45) is 0 Å². The average Bonchev–Trinajstić information content (AvgIpc) is 2.69. The molecule has 0 fully saturated rings. The minimum Gasteiger partial charge on any atom is -0.628 e. The summed E-state index contributed by atoms with van der Waals surface area (Å²) < 4.78 is 85.0. The van der Waals surface area contributed by atoms with Crippen molar-refractivity contribution in [1.82, 2.24) is 10.6 Å². The Morgan fingerprint density at radius 3 is 2.32 bits per heavy atom. The number of nitrogens with one attached hydrogen (secondary N) is 3. The first-order valence-electron chi connectivity index (χ1n) is 8.97. The molecule has 0 bridgehead atoms. The van der Waals surface area contributed by atoms with E-state index in [-0.39, 0.29) is 29.2 Å². The molecule has 0 saturated carbocycles. The zero-order valence-corrected chi connectivity index (χ0v) is 17.5. The summed E-state index contributed by atoms with van der Waals surface area (Å²) in [6, 6.07) is 0.186. The Balaban J connectivity index is 2.06. The van der Waals surface area contributed by atoms with Crippen molar-refractivity contribution < 1.29 is 36.1 Å². The van der Waals surface area contributed by atoms with Crippen LogP contribution >= 0.6 is 23.4 Å². The van der Waals surface area contributed by atoms with Gasteiger partial charge in [-0.2, -0.15) is 26.3 Å². The summed E-state index contributed by atoms with van der Waals surface area (Å²) >= 11 is 7.38. The van der Waals surface area contributed by atoms with Gasteiger partial charge >= 0.3 is 12.4 Å². The van der Waals surface area contributed by atoms with Crippen LogP contribution in [0.2, 0.25) is 0 Å². The number of hydrogen-bond donors (Lipinski definition) is 3. The molecule has 0 amide bonds. The van der Waals surface area contributed by atoms with Gasteiger partial charge in [-0.1, -0.05) is 0 Å². The first-order chi connectivity index (χ1) is 14.4.